The topological polar surface area (TPSA) is 96.9 Å². The van der Waals surface area contributed by atoms with Crippen molar-refractivity contribution in [1.82, 2.24) is 20.2 Å². The Bertz CT molecular complexity index is 955. The maximum Gasteiger partial charge on any atom is 0.257 e. The molecular formula is C23H29N5O4. The number of hydrogen-bond acceptors (Lipinski definition) is 7. The van der Waals surface area contributed by atoms with Crippen LogP contribution in [-0.2, 0) is 11.2 Å². The van der Waals surface area contributed by atoms with Crippen LogP contribution in [0, 0.1) is 0 Å². The second-order valence-electron chi connectivity index (χ2n) is 7.84. The lowest BCUT2D eigenvalue weighted by atomic mass is 10.1. The molecule has 2 amide bonds. The first kappa shape index (κ1) is 22.0. The highest BCUT2D eigenvalue weighted by molar-refractivity contribution is 5.97. The van der Waals surface area contributed by atoms with Crippen molar-refractivity contribution in [3.8, 4) is 5.75 Å². The Balaban J connectivity index is 1.50. The van der Waals surface area contributed by atoms with E-state index in [1.807, 2.05) is 11.0 Å². The summed E-state index contributed by atoms with van der Waals surface area (Å²) in [7, 11) is 1.54. The van der Waals surface area contributed by atoms with E-state index in [9.17, 15) is 9.59 Å². The third-order valence-electron chi connectivity index (χ3n) is 5.77. The lowest BCUT2D eigenvalue weighted by Crippen LogP contribution is -2.38. The highest BCUT2D eigenvalue weighted by atomic mass is 16.5. The monoisotopic (exact) mass is 439 g/mol. The van der Waals surface area contributed by atoms with E-state index in [2.05, 4.69) is 15.2 Å². The summed E-state index contributed by atoms with van der Waals surface area (Å²) in [5, 5.41) is 2.92. The average molecular weight is 440 g/mol. The summed E-state index contributed by atoms with van der Waals surface area (Å²) in [4.78, 5) is 38.8. The smallest absolute Gasteiger partial charge is 0.257 e. The first-order valence-corrected chi connectivity index (χ1v) is 11.1. The van der Waals surface area contributed by atoms with Gasteiger partial charge in [-0.25, -0.2) is 9.97 Å². The van der Waals surface area contributed by atoms with Crippen molar-refractivity contribution in [3.05, 3.63) is 47.3 Å². The summed E-state index contributed by atoms with van der Waals surface area (Å²) < 4.78 is 10.7. The number of nitrogens with zero attached hydrogens (tertiary/aromatic N) is 4. The number of morpholine rings is 1. The van der Waals surface area contributed by atoms with E-state index in [0.29, 0.717) is 67.8 Å². The predicted octanol–water partition coefficient (Wildman–Crippen LogP) is 1.53. The Hall–Kier alpha value is -3.20. The van der Waals surface area contributed by atoms with Crippen molar-refractivity contribution >= 4 is 17.8 Å². The molecule has 0 aliphatic carbocycles. The molecular weight excluding hydrogens is 410 g/mol. The van der Waals surface area contributed by atoms with Gasteiger partial charge in [0.05, 0.1) is 37.1 Å². The summed E-state index contributed by atoms with van der Waals surface area (Å²) in [6.45, 7) is 4.54. The lowest BCUT2D eigenvalue weighted by molar-refractivity contribution is 0.0790. The van der Waals surface area contributed by atoms with Crippen molar-refractivity contribution in [2.45, 2.75) is 19.3 Å². The number of carbonyl (C=O) groups excluding carboxylic acids is 2. The van der Waals surface area contributed by atoms with Crippen LogP contribution in [0.1, 0.15) is 39.3 Å². The minimum absolute atomic E-state index is 0.0397. The number of carbonyl (C=O) groups is 2. The highest BCUT2D eigenvalue weighted by Gasteiger charge is 2.25. The van der Waals surface area contributed by atoms with Crippen LogP contribution in [0.2, 0.25) is 0 Å². The second kappa shape index (κ2) is 10.4. The van der Waals surface area contributed by atoms with Crippen LogP contribution >= 0.6 is 0 Å². The lowest BCUT2D eigenvalue weighted by Gasteiger charge is -2.27. The molecule has 0 spiro atoms. The Morgan fingerprint density at radius 2 is 1.84 bits per heavy atom. The standard InChI is InChI=1S/C23H29N5O4/c1-31-20-7-3-2-6-17(20)21(29)24-9-8-19-18(22(30)27-10-4-5-11-27)16-25-23(26-19)28-12-14-32-15-13-28/h2-3,6-7,16H,4-5,8-15H2,1H3,(H,24,29). The van der Waals surface area contributed by atoms with Gasteiger partial charge in [-0.2, -0.15) is 0 Å². The number of para-hydroxylation sites is 1. The van der Waals surface area contributed by atoms with E-state index < -0.39 is 0 Å². The van der Waals surface area contributed by atoms with Crippen LogP contribution in [0.25, 0.3) is 0 Å². The Morgan fingerprint density at radius 3 is 2.59 bits per heavy atom. The van der Waals surface area contributed by atoms with Gasteiger partial charge in [0.15, 0.2) is 0 Å². The molecule has 1 N–H and O–H groups in total. The maximum atomic E-state index is 13.1. The molecule has 32 heavy (non-hydrogen) atoms. The number of likely N-dealkylation sites (tertiary alicyclic amines) is 1. The Labute approximate surface area is 187 Å². The number of methoxy groups -OCH3 is 1. The number of anilines is 1. The highest BCUT2D eigenvalue weighted by Crippen LogP contribution is 2.19. The van der Waals surface area contributed by atoms with Gasteiger partial charge >= 0.3 is 0 Å². The first-order valence-electron chi connectivity index (χ1n) is 11.1. The van der Waals surface area contributed by atoms with Crippen molar-refractivity contribution < 1.29 is 19.1 Å². The number of amides is 2. The average Bonchev–Trinajstić information content (AvgIpc) is 3.39. The van der Waals surface area contributed by atoms with E-state index in [1.54, 1.807) is 24.4 Å². The molecule has 2 aliphatic rings. The fourth-order valence-electron chi connectivity index (χ4n) is 4.00. The fraction of sp³-hybridized carbons (Fsp3) is 0.478. The molecule has 170 valence electrons. The van der Waals surface area contributed by atoms with E-state index in [4.69, 9.17) is 14.5 Å². The van der Waals surface area contributed by atoms with Crippen LogP contribution in [0.5, 0.6) is 5.75 Å². The number of hydrogen-bond donors (Lipinski definition) is 1. The zero-order chi connectivity index (χ0) is 22.3. The molecule has 2 saturated heterocycles. The van der Waals surface area contributed by atoms with E-state index in [-0.39, 0.29) is 11.8 Å². The van der Waals surface area contributed by atoms with Crippen molar-refractivity contribution in [2.75, 3.05) is 57.9 Å². The van der Waals surface area contributed by atoms with Gasteiger partial charge in [-0.1, -0.05) is 12.1 Å². The van der Waals surface area contributed by atoms with Gasteiger partial charge in [-0.05, 0) is 25.0 Å². The van der Waals surface area contributed by atoms with E-state index >= 15 is 0 Å². The first-order chi connectivity index (χ1) is 15.7. The van der Waals surface area contributed by atoms with Gasteiger partial charge in [0.2, 0.25) is 5.95 Å². The van der Waals surface area contributed by atoms with Gasteiger partial charge in [-0.3, -0.25) is 9.59 Å². The predicted molar refractivity (Wildman–Crippen MR) is 119 cm³/mol. The zero-order valence-corrected chi connectivity index (χ0v) is 18.4. The molecule has 9 nitrogen and oxygen atoms in total. The van der Waals surface area contributed by atoms with Crippen molar-refractivity contribution in [1.29, 1.82) is 0 Å². The molecule has 0 radical (unpaired) electrons. The molecule has 0 bridgehead atoms. The van der Waals surface area contributed by atoms with E-state index in [0.717, 1.165) is 25.9 Å². The second-order valence-corrected chi connectivity index (χ2v) is 7.84. The maximum absolute atomic E-state index is 13.1. The summed E-state index contributed by atoms with van der Waals surface area (Å²) in [5.74, 6) is 0.850. The third-order valence-corrected chi connectivity index (χ3v) is 5.77. The molecule has 1 aromatic heterocycles. The molecule has 2 fully saturated rings. The Morgan fingerprint density at radius 1 is 1.09 bits per heavy atom. The molecule has 9 heteroatoms. The summed E-state index contributed by atoms with van der Waals surface area (Å²) in [5.41, 5.74) is 1.63. The van der Waals surface area contributed by atoms with Crippen LogP contribution in [0.4, 0.5) is 5.95 Å². The largest absolute Gasteiger partial charge is 0.496 e. The molecule has 2 aliphatic heterocycles. The third kappa shape index (κ3) is 4.99. The SMILES string of the molecule is COc1ccccc1C(=O)NCCc1nc(N2CCOCC2)ncc1C(=O)N1CCCC1. The Kier molecular flexibility index (Phi) is 7.16. The van der Waals surface area contributed by atoms with Crippen LogP contribution in [0.3, 0.4) is 0 Å². The van der Waals surface area contributed by atoms with Crippen LogP contribution in [-0.4, -0.2) is 79.7 Å². The minimum atomic E-state index is -0.225. The zero-order valence-electron chi connectivity index (χ0n) is 18.4. The van der Waals surface area contributed by atoms with Gasteiger partial charge in [0, 0.05) is 45.3 Å². The van der Waals surface area contributed by atoms with Gasteiger partial charge < -0.3 is 24.6 Å². The van der Waals surface area contributed by atoms with Gasteiger partial charge in [0.25, 0.3) is 11.8 Å². The molecule has 0 unspecified atom stereocenters. The van der Waals surface area contributed by atoms with Crippen molar-refractivity contribution in [3.63, 3.8) is 0 Å². The quantitative estimate of drug-likeness (QED) is 0.699. The summed E-state index contributed by atoms with van der Waals surface area (Å²) in [6.07, 6.45) is 4.09. The fourth-order valence-corrected chi connectivity index (χ4v) is 4.00. The van der Waals surface area contributed by atoms with Crippen molar-refractivity contribution in [2.24, 2.45) is 0 Å². The molecule has 0 atom stereocenters. The van der Waals surface area contributed by atoms with Crippen LogP contribution < -0.4 is 15.0 Å². The minimum Gasteiger partial charge on any atom is -0.496 e. The number of aromatic nitrogens is 2. The van der Waals surface area contributed by atoms with Gasteiger partial charge in [0.1, 0.15) is 5.75 Å². The number of rotatable bonds is 7. The molecule has 4 rings (SSSR count). The number of nitrogens with one attached hydrogen (secondary N) is 1. The number of benzene rings is 1. The number of ether oxygens (including phenoxy) is 2. The molecule has 2 aromatic rings. The van der Waals surface area contributed by atoms with Gasteiger partial charge in [-0.15, -0.1) is 0 Å². The normalized spacial score (nSPS) is 16.2. The summed E-state index contributed by atoms with van der Waals surface area (Å²) in [6, 6.07) is 7.08. The molecule has 0 saturated carbocycles. The van der Waals surface area contributed by atoms with Crippen LogP contribution in [0.15, 0.2) is 30.5 Å². The molecule has 3 heterocycles. The molecule has 1 aromatic carbocycles. The van der Waals surface area contributed by atoms with E-state index in [1.165, 1.54) is 7.11 Å². The summed E-state index contributed by atoms with van der Waals surface area (Å²) >= 11 is 0.